The van der Waals surface area contributed by atoms with Crippen LogP contribution < -0.4 is 5.73 Å². The molecule has 3 N–H and O–H groups in total. The zero-order valence-corrected chi connectivity index (χ0v) is 12.9. The van der Waals surface area contributed by atoms with Crippen LogP contribution in [0.15, 0.2) is 5.16 Å². The largest absolute Gasteiger partial charge is 0.409 e. The lowest BCUT2D eigenvalue weighted by Gasteiger charge is -2.38. The van der Waals surface area contributed by atoms with Crippen molar-refractivity contribution in [3.63, 3.8) is 0 Å². The predicted octanol–water partition coefficient (Wildman–Crippen LogP) is 1.71. The molecule has 1 amide bonds. The Labute approximate surface area is 126 Å². The van der Waals surface area contributed by atoms with Crippen LogP contribution >= 0.6 is 0 Å². The fourth-order valence-electron chi connectivity index (χ4n) is 3.10. The summed E-state index contributed by atoms with van der Waals surface area (Å²) >= 11 is 0. The van der Waals surface area contributed by atoms with Gasteiger partial charge in [-0.05, 0) is 38.5 Å². The third kappa shape index (κ3) is 4.09. The van der Waals surface area contributed by atoms with Crippen molar-refractivity contribution < 1.29 is 14.7 Å². The second kappa shape index (κ2) is 7.11. The van der Waals surface area contributed by atoms with E-state index in [1.165, 1.54) is 6.42 Å². The summed E-state index contributed by atoms with van der Waals surface area (Å²) < 4.78 is 5.66. The Morgan fingerprint density at radius 2 is 2.14 bits per heavy atom. The van der Waals surface area contributed by atoms with Crippen molar-refractivity contribution in [2.24, 2.45) is 16.3 Å². The molecule has 0 aromatic heterocycles. The van der Waals surface area contributed by atoms with E-state index in [9.17, 15) is 4.79 Å². The van der Waals surface area contributed by atoms with Crippen molar-refractivity contribution >= 4 is 11.7 Å². The summed E-state index contributed by atoms with van der Waals surface area (Å²) in [5, 5.41) is 12.0. The normalized spacial score (nSPS) is 26.6. The number of hydrogen-bond donors (Lipinski definition) is 2. The Kier molecular flexibility index (Phi) is 5.45. The van der Waals surface area contributed by atoms with Gasteiger partial charge < -0.3 is 20.6 Å². The maximum atomic E-state index is 12.3. The van der Waals surface area contributed by atoms with Gasteiger partial charge in [-0.3, -0.25) is 4.79 Å². The molecule has 120 valence electrons. The number of rotatable bonds is 4. The number of amidine groups is 1. The van der Waals surface area contributed by atoms with E-state index in [4.69, 9.17) is 15.7 Å². The summed E-state index contributed by atoms with van der Waals surface area (Å²) in [6, 6.07) is 0. The van der Waals surface area contributed by atoms with Crippen LogP contribution in [0.2, 0.25) is 0 Å². The van der Waals surface area contributed by atoms with Gasteiger partial charge >= 0.3 is 0 Å². The van der Waals surface area contributed by atoms with Crippen LogP contribution in [0.1, 0.15) is 51.9 Å². The van der Waals surface area contributed by atoms with E-state index in [2.05, 4.69) is 5.16 Å². The quantitative estimate of drug-likeness (QED) is 0.358. The predicted molar refractivity (Wildman–Crippen MR) is 80.2 cm³/mol. The molecular formula is C15H27N3O3. The number of nitrogens with two attached hydrogens (primary N) is 1. The maximum Gasteiger partial charge on any atom is 0.222 e. The van der Waals surface area contributed by atoms with E-state index in [1.807, 2.05) is 11.8 Å². The molecule has 21 heavy (non-hydrogen) atoms. The number of carbonyl (C=O) groups is 1. The van der Waals surface area contributed by atoms with Crippen molar-refractivity contribution in [1.82, 2.24) is 4.90 Å². The molecule has 1 unspecified atom stereocenters. The third-order valence-electron chi connectivity index (χ3n) is 4.90. The van der Waals surface area contributed by atoms with Gasteiger partial charge in [0, 0.05) is 31.5 Å². The first-order valence-electron chi connectivity index (χ1n) is 7.92. The molecule has 0 spiro atoms. The van der Waals surface area contributed by atoms with Crippen LogP contribution in [0, 0.1) is 5.41 Å². The molecule has 1 atom stereocenters. The molecule has 0 aliphatic carbocycles. The summed E-state index contributed by atoms with van der Waals surface area (Å²) in [6.07, 6.45) is 6.56. The van der Waals surface area contributed by atoms with Gasteiger partial charge in [0.1, 0.15) is 5.84 Å². The molecule has 0 bridgehead atoms. The van der Waals surface area contributed by atoms with Crippen LogP contribution in [0.5, 0.6) is 0 Å². The van der Waals surface area contributed by atoms with E-state index >= 15 is 0 Å². The number of amides is 1. The Hall–Kier alpha value is -1.30. The van der Waals surface area contributed by atoms with E-state index in [1.54, 1.807) is 0 Å². The highest BCUT2D eigenvalue weighted by Crippen LogP contribution is 2.31. The van der Waals surface area contributed by atoms with Gasteiger partial charge in [0.25, 0.3) is 0 Å². The van der Waals surface area contributed by atoms with Crippen molar-refractivity contribution in [2.45, 2.75) is 58.0 Å². The summed E-state index contributed by atoms with van der Waals surface area (Å²) in [7, 11) is 0. The Morgan fingerprint density at radius 3 is 2.71 bits per heavy atom. The highest BCUT2D eigenvalue weighted by Gasteiger charge is 2.35. The van der Waals surface area contributed by atoms with Crippen LogP contribution in [-0.4, -0.2) is 47.7 Å². The minimum Gasteiger partial charge on any atom is -0.409 e. The van der Waals surface area contributed by atoms with Gasteiger partial charge in [0.05, 0.1) is 6.10 Å². The SMILES string of the molecule is CC1(C(N)=NO)CCN(C(=O)CCC2CCCCO2)CC1. The molecule has 2 aliphatic heterocycles. The summed E-state index contributed by atoms with van der Waals surface area (Å²) in [5.41, 5.74) is 5.45. The van der Waals surface area contributed by atoms with Crippen LogP contribution in [0.3, 0.4) is 0 Å². The minimum atomic E-state index is -0.294. The molecule has 2 saturated heterocycles. The first-order valence-corrected chi connectivity index (χ1v) is 7.92. The van der Waals surface area contributed by atoms with Crippen molar-refractivity contribution in [3.8, 4) is 0 Å². The maximum absolute atomic E-state index is 12.3. The first-order chi connectivity index (χ1) is 10.0. The first kappa shape index (κ1) is 16.1. The van der Waals surface area contributed by atoms with E-state index in [0.29, 0.717) is 19.5 Å². The Balaban J connectivity index is 1.75. The molecular weight excluding hydrogens is 270 g/mol. The van der Waals surface area contributed by atoms with Gasteiger partial charge in [-0.25, -0.2) is 0 Å². The van der Waals surface area contributed by atoms with Crippen LogP contribution in [0.4, 0.5) is 0 Å². The number of piperidine rings is 1. The molecule has 0 aromatic rings. The van der Waals surface area contributed by atoms with Gasteiger partial charge in [-0.2, -0.15) is 0 Å². The molecule has 0 saturated carbocycles. The lowest BCUT2D eigenvalue weighted by molar-refractivity contribution is -0.133. The van der Waals surface area contributed by atoms with Crippen LogP contribution in [-0.2, 0) is 9.53 Å². The van der Waals surface area contributed by atoms with Gasteiger partial charge in [-0.15, -0.1) is 0 Å². The van der Waals surface area contributed by atoms with Gasteiger partial charge in [0.15, 0.2) is 0 Å². The van der Waals surface area contributed by atoms with Crippen molar-refractivity contribution in [3.05, 3.63) is 0 Å². The third-order valence-corrected chi connectivity index (χ3v) is 4.90. The fraction of sp³-hybridized carbons (Fsp3) is 0.867. The zero-order chi connectivity index (χ0) is 15.3. The monoisotopic (exact) mass is 297 g/mol. The highest BCUT2D eigenvalue weighted by atomic mass is 16.5. The van der Waals surface area contributed by atoms with E-state index < -0.39 is 0 Å². The van der Waals surface area contributed by atoms with Gasteiger partial charge in [0.2, 0.25) is 5.91 Å². The summed E-state index contributed by atoms with van der Waals surface area (Å²) in [6.45, 7) is 4.18. The van der Waals surface area contributed by atoms with E-state index in [-0.39, 0.29) is 23.3 Å². The molecule has 2 aliphatic rings. The van der Waals surface area contributed by atoms with Crippen molar-refractivity contribution in [2.75, 3.05) is 19.7 Å². The molecule has 2 heterocycles. The number of nitrogens with zero attached hydrogens (tertiary/aromatic N) is 2. The molecule has 0 aromatic carbocycles. The number of ether oxygens (including phenoxy) is 1. The summed E-state index contributed by atoms with van der Waals surface area (Å²) in [5.74, 6) is 0.468. The number of likely N-dealkylation sites (tertiary alicyclic amines) is 1. The van der Waals surface area contributed by atoms with E-state index in [0.717, 1.165) is 38.7 Å². The topological polar surface area (TPSA) is 88.2 Å². The molecule has 6 nitrogen and oxygen atoms in total. The second-order valence-electron chi connectivity index (χ2n) is 6.45. The number of hydrogen-bond acceptors (Lipinski definition) is 4. The minimum absolute atomic E-state index is 0.200. The van der Waals surface area contributed by atoms with Crippen LogP contribution in [0.25, 0.3) is 0 Å². The number of carbonyl (C=O) groups excluding carboxylic acids is 1. The fourth-order valence-corrected chi connectivity index (χ4v) is 3.10. The molecule has 2 rings (SSSR count). The lowest BCUT2D eigenvalue weighted by Crippen LogP contribution is -2.47. The summed E-state index contributed by atoms with van der Waals surface area (Å²) in [4.78, 5) is 14.1. The Bertz CT molecular complexity index is 384. The average molecular weight is 297 g/mol. The standard InChI is InChI=1S/C15H27N3O3/c1-15(14(16)17-20)7-9-18(10-8-15)13(19)6-5-12-4-2-3-11-21-12/h12,20H,2-11H2,1H3,(H2,16,17). The average Bonchev–Trinajstić information content (AvgIpc) is 2.53. The molecule has 6 heteroatoms. The molecule has 0 radical (unpaired) electrons. The smallest absolute Gasteiger partial charge is 0.222 e. The zero-order valence-electron chi connectivity index (χ0n) is 12.9. The Morgan fingerprint density at radius 1 is 1.43 bits per heavy atom. The highest BCUT2D eigenvalue weighted by molar-refractivity contribution is 5.86. The van der Waals surface area contributed by atoms with Crippen molar-refractivity contribution in [1.29, 1.82) is 0 Å². The lowest BCUT2D eigenvalue weighted by atomic mass is 9.79. The number of oxime groups is 1. The molecule has 2 fully saturated rings. The second-order valence-corrected chi connectivity index (χ2v) is 6.45. The van der Waals surface area contributed by atoms with Gasteiger partial charge in [-0.1, -0.05) is 12.1 Å².